The number of amides is 3. The molecular weight excluding hydrogens is 328 g/mol. The van der Waals surface area contributed by atoms with Crippen LogP contribution in [0.4, 0.5) is 0 Å². The van der Waals surface area contributed by atoms with Gasteiger partial charge in [0.2, 0.25) is 5.91 Å². The fourth-order valence-electron chi connectivity index (χ4n) is 4.08. The van der Waals surface area contributed by atoms with Gasteiger partial charge in [-0.1, -0.05) is 45.7 Å². The predicted octanol–water partition coefficient (Wildman–Crippen LogP) is 3.39. The fraction of sp³-hybridized carbons (Fsp3) is 0.571. The second-order valence-electron chi connectivity index (χ2n) is 8.05. The van der Waals surface area contributed by atoms with Crippen LogP contribution in [0.2, 0.25) is 0 Å². The molecule has 140 valence electrons. The Morgan fingerprint density at radius 3 is 2.23 bits per heavy atom. The van der Waals surface area contributed by atoms with Gasteiger partial charge in [0.1, 0.15) is 6.04 Å². The fourth-order valence-corrected chi connectivity index (χ4v) is 4.08. The summed E-state index contributed by atoms with van der Waals surface area (Å²) in [5.74, 6) is -0.299. The van der Waals surface area contributed by atoms with Crippen molar-refractivity contribution < 1.29 is 14.4 Å². The van der Waals surface area contributed by atoms with Crippen LogP contribution >= 0.6 is 0 Å². The molecule has 1 aromatic rings. The Hall–Kier alpha value is -2.17. The van der Waals surface area contributed by atoms with Crippen LogP contribution in [0.25, 0.3) is 0 Å². The zero-order valence-corrected chi connectivity index (χ0v) is 15.8. The van der Waals surface area contributed by atoms with E-state index in [1.54, 1.807) is 24.3 Å². The molecule has 1 aromatic carbocycles. The van der Waals surface area contributed by atoms with Gasteiger partial charge in [0.15, 0.2) is 0 Å². The average molecular weight is 356 g/mol. The van der Waals surface area contributed by atoms with Crippen LogP contribution in [0.5, 0.6) is 0 Å². The summed E-state index contributed by atoms with van der Waals surface area (Å²) in [4.78, 5) is 39.9. The molecular formula is C21H28N2O3. The molecule has 0 bridgehead atoms. The molecule has 2 aliphatic rings. The number of carbonyl (C=O) groups is 3. The Labute approximate surface area is 155 Å². The van der Waals surface area contributed by atoms with Crippen LogP contribution in [0.3, 0.4) is 0 Å². The van der Waals surface area contributed by atoms with Gasteiger partial charge in [0.05, 0.1) is 11.1 Å². The van der Waals surface area contributed by atoms with Crippen LogP contribution in [-0.4, -0.2) is 34.7 Å². The van der Waals surface area contributed by atoms with Crippen molar-refractivity contribution in [3.8, 4) is 0 Å². The highest BCUT2D eigenvalue weighted by atomic mass is 16.2. The van der Waals surface area contributed by atoms with Crippen molar-refractivity contribution in [2.24, 2.45) is 11.8 Å². The molecule has 0 saturated heterocycles. The first-order valence-electron chi connectivity index (χ1n) is 9.67. The van der Waals surface area contributed by atoms with Crippen LogP contribution in [0.1, 0.15) is 73.6 Å². The average Bonchev–Trinajstić information content (AvgIpc) is 2.86. The van der Waals surface area contributed by atoms with E-state index in [0.717, 1.165) is 19.3 Å². The summed E-state index contributed by atoms with van der Waals surface area (Å²) in [6, 6.07) is 6.17. The Morgan fingerprint density at radius 1 is 1.12 bits per heavy atom. The van der Waals surface area contributed by atoms with Crippen LogP contribution in [-0.2, 0) is 4.79 Å². The topological polar surface area (TPSA) is 66.5 Å². The third kappa shape index (κ3) is 3.53. The van der Waals surface area contributed by atoms with E-state index in [9.17, 15) is 14.4 Å². The number of imide groups is 1. The van der Waals surface area contributed by atoms with Gasteiger partial charge in [0, 0.05) is 6.04 Å². The third-order valence-electron chi connectivity index (χ3n) is 5.57. The Bertz CT molecular complexity index is 678. The smallest absolute Gasteiger partial charge is 0.262 e. The van der Waals surface area contributed by atoms with Gasteiger partial charge in [-0.15, -0.1) is 0 Å². The van der Waals surface area contributed by atoms with Crippen molar-refractivity contribution in [1.29, 1.82) is 0 Å². The standard InChI is InChI=1S/C21H28N2O3/c1-13(2)12-18(19(24)22-17-11-7-4-8-14(17)3)23-20(25)15-9-5-6-10-16(15)21(23)26/h5-6,9-10,13-14,17-18H,4,7-8,11-12H2,1-3H3,(H,22,24)/t14-,17-,18-/m1/s1. The van der Waals surface area contributed by atoms with Gasteiger partial charge in [0.25, 0.3) is 11.8 Å². The molecule has 0 unspecified atom stereocenters. The molecule has 5 nitrogen and oxygen atoms in total. The molecule has 1 N–H and O–H groups in total. The summed E-state index contributed by atoms with van der Waals surface area (Å²) in [7, 11) is 0. The molecule has 1 heterocycles. The summed E-state index contributed by atoms with van der Waals surface area (Å²) in [6.45, 7) is 6.16. The second kappa shape index (κ2) is 7.60. The lowest BCUT2D eigenvalue weighted by Crippen LogP contribution is -2.53. The van der Waals surface area contributed by atoms with E-state index in [-0.39, 0.29) is 29.7 Å². The second-order valence-corrected chi connectivity index (χ2v) is 8.05. The maximum atomic E-state index is 13.1. The first-order chi connectivity index (χ1) is 12.4. The molecule has 1 saturated carbocycles. The van der Waals surface area contributed by atoms with Crippen molar-refractivity contribution in [2.75, 3.05) is 0 Å². The number of hydrogen-bond acceptors (Lipinski definition) is 3. The molecule has 1 fully saturated rings. The molecule has 0 radical (unpaired) electrons. The number of carbonyl (C=O) groups excluding carboxylic acids is 3. The highest BCUT2D eigenvalue weighted by Crippen LogP contribution is 2.28. The molecule has 3 rings (SSSR count). The van der Waals surface area contributed by atoms with E-state index in [2.05, 4.69) is 12.2 Å². The summed E-state index contributed by atoms with van der Waals surface area (Å²) in [6.07, 6.45) is 4.84. The Morgan fingerprint density at radius 2 is 1.69 bits per heavy atom. The quantitative estimate of drug-likeness (QED) is 0.823. The van der Waals surface area contributed by atoms with Crippen LogP contribution in [0, 0.1) is 11.8 Å². The Kier molecular flexibility index (Phi) is 5.44. The lowest BCUT2D eigenvalue weighted by Gasteiger charge is -2.33. The maximum Gasteiger partial charge on any atom is 0.262 e. The summed E-state index contributed by atoms with van der Waals surface area (Å²) >= 11 is 0. The number of hydrogen-bond donors (Lipinski definition) is 1. The number of rotatable bonds is 5. The van der Waals surface area contributed by atoms with Gasteiger partial charge in [-0.3, -0.25) is 19.3 Å². The van der Waals surface area contributed by atoms with Crippen molar-refractivity contribution in [3.05, 3.63) is 35.4 Å². The lowest BCUT2D eigenvalue weighted by molar-refractivity contribution is -0.126. The minimum atomic E-state index is -0.753. The Balaban J connectivity index is 1.83. The molecule has 0 spiro atoms. The predicted molar refractivity (Wildman–Crippen MR) is 99.7 cm³/mol. The number of fused-ring (bicyclic) bond motifs is 1. The highest BCUT2D eigenvalue weighted by Gasteiger charge is 2.43. The molecule has 0 aromatic heterocycles. The van der Waals surface area contributed by atoms with Crippen molar-refractivity contribution in [3.63, 3.8) is 0 Å². The van der Waals surface area contributed by atoms with E-state index in [0.29, 0.717) is 23.5 Å². The normalized spacial score (nSPS) is 23.9. The van der Waals surface area contributed by atoms with E-state index >= 15 is 0 Å². The molecule has 3 atom stereocenters. The molecule has 1 aliphatic heterocycles. The van der Waals surface area contributed by atoms with E-state index in [1.807, 2.05) is 13.8 Å². The number of nitrogens with zero attached hydrogens (tertiary/aromatic N) is 1. The van der Waals surface area contributed by atoms with E-state index in [1.165, 1.54) is 11.3 Å². The molecule has 5 heteroatoms. The largest absolute Gasteiger partial charge is 0.351 e. The number of nitrogens with one attached hydrogen (secondary N) is 1. The van der Waals surface area contributed by atoms with Crippen molar-refractivity contribution in [1.82, 2.24) is 10.2 Å². The van der Waals surface area contributed by atoms with Gasteiger partial charge >= 0.3 is 0 Å². The lowest BCUT2D eigenvalue weighted by atomic mass is 9.85. The minimum absolute atomic E-state index is 0.126. The van der Waals surface area contributed by atoms with Crippen molar-refractivity contribution in [2.45, 2.75) is 65.0 Å². The molecule has 1 aliphatic carbocycles. The summed E-state index contributed by atoms with van der Waals surface area (Å²) in [5.41, 5.74) is 0.787. The van der Waals surface area contributed by atoms with Crippen LogP contribution in [0.15, 0.2) is 24.3 Å². The zero-order chi connectivity index (χ0) is 18.8. The first-order valence-corrected chi connectivity index (χ1v) is 9.67. The first kappa shape index (κ1) is 18.6. The minimum Gasteiger partial charge on any atom is -0.351 e. The monoisotopic (exact) mass is 356 g/mol. The van der Waals surface area contributed by atoms with Gasteiger partial charge in [-0.2, -0.15) is 0 Å². The van der Waals surface area contributed by atoms with Gasteiger partial charge in [-0.05, 0) is 43.2 Å². The highest BCUT2D eigenvalue weighted by molar-refractivity contribution is 6.22. The molecule has 3 amide bonds. The van der Waals surface area contributed by atoms with Gasteiger partial charge in [-0.25, -0.2) is 0 Å². The van der Waals surface area contributed by atoms with E-state index < -0.39 is 6.04 Å². The van der Waals surface area contributed by atoms with Gasteiger partial charge < -0.3 is 5.32 Å². The summed E-state index contributed by atoms with van der Waals surface area (Å²) in [5, 5.41) is 3.13. The van der Waals surface area contributed by atoms with Crippen LogP contribution < -0.4 is 5.32 Å². The number of benzene rings is 1. The summed E-state index contributed by atoms with van der Waals surface area (Å²) < 4.78 is 0. The van der Waals surface area contributed by atoms with Crippen molar-refractivity contribution >= 4 is 17.7 Å². The molecule has 26 heavy (non-hydrogen) atoms. The third-order valence-corrected chi connectivity index (χ3v) is 5.57. The zero-order valence-electron chi connectivity index (χ0n) is 15.8. The SMILES string of the molecule is CC(C)C[C@H](C(=O)N[C@@H]1CCCC[C@H]1C)N1C(=O)c2ccccc2C1=O. The maximum absolute atomic E-state index is 13.1. The van der Waals surface area contributed by atoms with E-state index in [4.69, 9.17) is 0 Å².